The highest BCUT2D eigenvalue weighted by atomic mass is 16.2. The number of amides is 4. The van der Waals surface area contributed by atoms with Crippen molar-refractivity contribution in [3.8, 4) is 0 Å². The number of anilines is 1. The number of carbonyl (C=O) groups is 3. The lowest BCUT2D eigenvalue weighted by Crippen LogP contribution is -2.53. The number of benzene rings is 1. The van der Waals surface area contributed by atoms with Crippen LogP contribution in [0.3, 0.4) is 0 Å². The molecule has 2 aliphatic heterocycles. The number of likely N-dealkylation sites (tertiary alicyclic amines) is 1. The maximum Gasteiger partial charge on any atom is 0.321 e. The van der Waals surface area contributed by atoms with E-state index in [0.717, 1.165) is 17.7 Å². The number of para-hydroxylation sites is 1. The van der Waals surface area contributed by atoms with Gasteiger partial charge in [-0.05, 0) is 24.0 Å². The second kappa shape index (κ2) is 7.98. The van der Waals surface area contributed by atoms with Crippen molar-refractivity contribution in [2.45, 2.75) is 39.3 Å². The van der Waals surface area contributed by atoms with E-state index in [4.69, 9.17) is 0 Å². The van der Waals surface area contributed by atoms with Gasteiger partial charge in [-0.3, -0.25) is 9.59 Å². The predicted octanol–water partition coefficient (Wildman–Crippen LogP) is 2.04. The Morgan fingerprint density at radius 1 is 1.33 bits per heavy atom. The van der Waals surface area contributed by atoms with Crippen molar-refractivity contribution >= 4 is 23.5 Å². The summed E-state index contributed by atoms with van der Waals surface area (Å²) in [6, 6.07) is 6.89. The molecule has 1 aromatic carbocycles. The summed E-state index contributed by atoms with van der Waals surface area (Å²) in [5, 5.41) is 5.64. The second-order valence-corrected chi connectivity index (χ2v) is 7.43. The Kier molecular flexibility index (Phi) is 5.68. The molecule has 2 heterocycles. The molecule has 4 amide bonds. The first-order valence-electron chi connectivity index (χ1n) is 9.62. The van der Waals surface area contributed by atoms with Crippen molar-refractivity contribution in [3.05, 3.63) is 29.8 Å². The molecule has 27 heavy (non-hydrogen) atoms. The number of nitrogens with one attached hydrogen (secondary N) is 2. The van der Waals surface area contributed by atoms with Crippen LogP contribution < -0.4 is 10.6 Å². The number of fused-ring (bicyclic) bond motifs is 1. The van der Waals surface area contributed by atoms with Gasteiger partial charge >= 0.3 is 6.03 Å². The Labute approximate surface area is 160 Å². The molecule has 7 heteroatoms. The molecule has 0 aromatic heterocycles. The van der Waals surface area contributed by atoms with Crippen LogP contribution >= 0.6 is 0 Å². The minimum absolute atomic E-state index is 0.0283. The zero-order valence-corrected chi connectivity index (χ0v) is 16.2. The molecule has 1 fully saturated rings. The van der Waals surface area contributed by atoms with Crippen molar-refractivity contribution < 1.29 is 14.4 Å². The fraction of sp³-hybridized carbons (Fsp3) is 0.550. The highest BCUT2D eigenvalue weighted by Crippen LogP contribution is 2.29. The van der Waals surface area contributed by atoms with Crippen LogP contribution in [0.2, 0.25) is 0 Å². The van der Waals surface area contributed by atoms with E-state index >= 15 is 0 Å². The first-order valence-corrected chi connectivity index (χ1v) is 9.62. The Morgan fingerprint density at radius 2 is 2.07 bits per heavy atom. The molecule has 146 valence electrons. The van der Waals surface area contributed by atoms with Crippen LogP contribution in [0.25, 0.3) is 0 Å². The number of nitrogens with zero attached hydrogens (tertiary/aromatic N) is 2. The van der Waals surface area contributed by atoms with Crippen molar-refractivity contribution in [2.24, 2.45) is 11.8 Å². The Bertz CT molecular complexity index is 736. The average molecular weight is 372 g/mol. The van der Waals surface area contributed by atoms with Gasteiger partial charge in [0.2, 0.25) is 11.8 Å². The SMILES string of the molecule is CC[C@H](C)[C@H]1C(=O)Nc2ccccc2CN1C(=O)N1CC[C@H](C(=O)NC)C1. The quantitative estimate of drug-likeness (QED) is 0.852. The van der Waals surface area contributed by atoms with Crippen LogP contribution in [0.5, 0.6) is 0 Å². The van der Waals surface area contributed by atoms with Gasteiger partial charge in [-0.15, -0.1) is 0 Å². The summed E-state index contributed by atoms with van der Waals surface area (Å²) in [7, 11) is 1.61. The minimum Gasteiger partial charge on any atom is -0.359 e. The number of rotatable bonds is 3. The molecular weight excluding hydrogens is 344 g/mol. The lowest BCUT2D eigenvalue weighted by molar-refractivity contribution is -0.124. The van der Waals surface area contributed by atoms with Crippen molar-refractivity contribution in [2.75, 3.05) is 25.5 Å². The summed E-state index contributed by atoms with van der Waals surface area (Å²) >= 11 is 0. The highest BCUT2D eigenvalue weighted by Gasteiger charge is 2.40. The predicted molar refractivity (Wildman–Crippen MR) is 103 cm³/mol. The highest BCUT2D eigenvalue weighted by molar-refractivity contribution is 5.99. The maximum atomic E-state index is 13.3. The van der Waals surface area contributed by atoms with Gasteiger partial charge in [0.1, 0.15) is 6.04 Å². The number of urea groups is 1. The van der Waals surface area contributed by atoms with E-state index < -0.39 is 6.04 Å². The second-order valence-electron chi connectivity index (χ2n) is 7.43. The van der Waals surface area contributed by atoms with Crippen LogP contribution in [0.1, 0.15) is 32.3 Å². The third kappa shape index (κ3) is 3.77. The molecule has 7 nitrogen and oxygen atoms in total. The molecule has 0 saturated carbocycles. The number of hydrogen-bond donors (Lipinski definition) is 2. The van der Waals surface area contributed by atoms with Crippen LogP contribution in [0.4, 0.5) is 10.5 Å². The normalized spacial score (nSPS) is 23.3. The van der Waals surface area contributed by atoms with Gasteiger partial charge in [-0.25, -0.2) is 4.79 Å². The molecule has 3 rings (SSSR count). The van der Waals surface area contributed by atoms with Gasteiger partial charge in [0.05, 0.1) is 12.5 Å². The van der Waals surface area contributed by atoms with Crippen LogP contribution in [0, 0.1) is 11.8 Å². The summed E-state index contributed by atoms with van der Waals surface area (Å²) in [6.45, 7) is 5.33. The lowest BCUT2D eigenvalue weighted by Gasteiger charge is -2.35. The zero-order valence-electron chi connectivity index (χ0n) is 16.2. The maximum absolute atomic E-state index is 13.3. The van der Waals surface area contributed by atoms with E-state index in [0.29, 0.717) is 26.1 Å². The van der Waals surface area contributed by atoms with Gasteiger partial charge in [-0.1, -0.05) is 38.5 Å². The molecule has 0 bridgehead atoms. The molecular formula is C20H28N4O3. The Balaban J connectivity index is 1.88. The van der Waals surface area contributed by atoms with Crippen LogP contribution in [-0.2, 0) is 16.1 Å². The van der Waals surface area contributed by atoms with Crippen molar-refractivity contribution in [3.63, 3.8) is 0 Å². The molecule has 0 spiro atoms. The molecule has 2 aliphatic rings. The summed E-state index contributed by atoms with van der Waals surface area (Å²) in [5.74, 6) is -0.345. The molecule has 1 aromatic rings. The number of hydrogen-bond acceptors (Lipinski definition) is 3. The van der Waals surface area contributed by atoms with E-state index in [2.05, 4.69) is 10.6 Å². The lowest BCUT2D eigenvalue weighted by atomic mass is 9.97. The van der Waals surface area contributed by atoms with Gasteiger partial charge in [0.25, 0.3) is 0 Å². The van der Waals surface area contributed by atoms with E-state index in [-0.39, 0.29) is 29.7 Å². The molecule has 0 unspecified atom stereocenters. The fourth-order valence-electron chi connectivity index (χ4n) is 3.92. The molecule has 1 saturated heterocycles. The fourth-order valence-corrected chi connectivity index (χ4v) is 3.92. The van der Waals surface area contributed by atoms with Crippen molar-refractivity contribution in [1.29, 1.82) is 0 Å². The Hall–Kier alpha value is -2.57. The molecule has 0 radical (unpaired) electrons. The third-order valence-electron chi connectivity index (χ3n) is 5.72. The van der Waals surface area contributed by atoms with Crippen LogP contribution in [-0.4, -0.2) is 53.8 Å². The van der Waals surface area contributed by atoms with E-state index in [1.807, 2.05) is 38.1 Å². The van der Waals surface area contributed by atoms with E-state index in [1.54, 1.807) is 16.8 Å². The van der Waals surface area contributed by atoms with E-state index in [9.17, 15) is 14.4 Å². The summed E-state index contributed by atoms with van der Waals surface area (Å²) in [4.78, 5) is 41.6. The first kappa shape index (κ1) is 19.2. The largest absolute Gasteiger partial charge is 0.359 e. The zero-order chi connectivity index (χ0) is 19.6. The van der Waals surface area contributed by atoms with Gasteiger partial charge in [-0.2, -0.15) is 0 Å². The summed E-state index contributed by atoms with van der Waals surface area (Å²) in [6.07, 6.45) is 1.44. The van der Waals surface area contributed by atoms with Gasteiger partial charge in [0, 0.05) is 25.8 Å². The summed E-state index contributed by atoms with van der Waals surface area (Å²) < 4.78 is 0. The standard InChI is InChI=1S/C20H28N4O3/c1-4-13(2)17-19(26)22-16-8-6-5-7-14(16)12-24(17)20(27)23-10-9-15(11-23)18(25)21-3/h5-8,13,15,17H,4,9-12H2,1-3H3,(H,21,25)(H,22,26)/t13-,15-,17-/m0/s1. The van der Waals surface area contributed by atoms with E-state index in [1.165, 1.54) is 0 Å². The summed E-state index contributed by atoms with van der Waals surface area (Å²) in [5.41, 5.74) is 1.68. The van der Waals surface area contributed by atoms with Gasteiger partial charge in [0.15, 0.2) is 0 Å². The van der Waals surface area contributed by atoms with Gasteiger partial charge < -0.3 is 20.4 Å². The molecule has 0 aliphatic carbocycles. The minimum atomic E-state index is -0.533. The Morgan fingerprint density at radius 3 is 2.78 bits per heavy atom. The smallest absolute Gasteiger partial charge is 0.321 e. The van der Waals surface area contributed by atoms with Crippen molar-refractivity contribution in [1.82, 2.24) is 15.1 Å². The van der Waals surface area contributed by atoms with Crippen LogP contribution in [0.15, 0.2) is 24.3 Å². The monoisotopic (exact) mass is 372 g/mol. The topological polar surface area (TPSA) is 81.8 Å². The first-order chi connectivity index (χ1) is 13.0. The molecule has 2 N–H and O–H groups in total. The molecule has 3 atom stereocenters. The number of carbonyl (C=O) groups excluding carboxylic acids is 3. The third-order valence-corrected chi connectivity index (χ3v) is 5.72. The average Bonchev–Trinajstić information content (AvgIpc) is 3.11.